The van der Waals surface area contributed by atoms with E-state index in [1.807, 2.05) is 9.47 Å². The summed E-state index contributed by atoms with van der Waals surface area (Å²) in [5, 5.41) is 10.9. The van der Waals surface area contributed by atoms with E-state index in [0.717, 1.165) is 5.82 Å². The van der Waals surface area contributed by atoms with Gasteiger partial charge in [-0.1, -0.05) is 6.07 Å². The average Bonchev–Trinajstić information content (AvgIpc) is 3.35. The molecule has 2 aliphatic heterocycles. The highest BCUT2D eigenvalue weighted by molar-refractivity contribution is 6.01. The number of halogens is 1. The molecular formula is C21H19FN6O2. The summed E-state index contributed by atoms with van der Waals surface area (Å²) in [6, 6.07) is 9.14. The van der Waals surface area contributed by atoms with Crippen LogP contribution >= 0.6 is 0 Å². The molecule has 9 heteroatoms. The summed E-state index contributed by atoms with van der Waals surface area (Å²) in [6.07, 6.45) is 3.88. The summed E-state index contributed by atoms with van der Waals surface area (Å²) in [6.45, 7) is 1.84. The standard InChI is InChI=1S/C21H19FN6O2/c22-16-2-1-3-17(9-16)24-20(29)19-26-25-18-8-14-10-27(11-15(14)12-28(18)19)21(30)13-4-6-23-7-5-13/h1-7,9,14-15H,8,10-12H2,(H,24,29)/t14-,15-/m0/s1. The molecular weight excluding hydrogens is 387 g/mol. The maximum atomic E-state index is 13.4. The number of aromatic nitrogens is 4. The first-order valence-electron chi connectivity index (χ1n) is 9.77. The molecule has 1 N–H and O–H groups in total. The quantitative estimate of drug-likeness (QED) is 0.718. The SMILES string of the molecule is O=C(Nc1cccc(F)c1)c1nnc2n1C[C@@H]1CN(C(=O)c3ccncc3)C[C@@H]1C2. The summed E-state index contributed by atoms with van der Waals surface area (Å²) in [7, 11) is 0. The Balaban J connectivity index is 1.31. The van der Waals surface area contributed by atoms with Crippen LogP contribution in [-0.4, -0.2) is 49.6 Å². The fourth-order valence-electron chi connectivity index (χ4n) is 4.29. The van der Waals surface area contributed by atoms with Crippen LogP contribution in [0.4, 0.5) is 10.1 Å². The minimum atomic E-state index is -0.430. The largest absolute Gasteiger partial charge is 0.338 e. The van der Waals surface area contributed by atoms with Crippen molar-refractivity contribution in [2.24, 2.45) is 11.8 Å². The third-order valence-corrected chi connectivity index (χ3v) is 5.77. The van der Waals surface area contributed by atoms with Crippen LogP contribution in [0.3, 0.4) is 0 Å². The number of carbonyl (C=O) groups excluding carboxylic acids is 2. The lowest BCUT2D eigenvalue weighted by Gasteiger charge is -2.25. The molecule has 2 amide bonds. The first-order chi connectivity index (χ1) is 14.6. The highest BCUT2D eigenvalue weighted by Crippen LogP contribution is 2.33. The number of pyridine rings is 1. The molecule has 0 radical (unpaired) electrons. The number of benzene rings is 1. The number of likely N-dealkylation sites (tertiary alicyclic amines) is 1. The zero-order chi connectivity index (χ0) is 20.7. The van der Waals surface area contributed by atoms with Crippen molar-refractivity contribution in [1.29, 1.82) is 0 Å². The second-order valence-electron chi connectivity index (χ2n) is 7.69. The van der Waals surface area contributed by atoms with E-state index in [4.69, 9.17) is 0 Å². The Kier molecular flexibility index (Phi) is 4.50. The normalized spacial score (nSPS) is 19.8. The molecule has 1 saturated heterocycles. The Hall–Kier alpha value is -3.62. The molecule has 30 heavy (non-hydrogen) atoms. The molecule has 3 aromatic rings. The Morgan fingerprint density at radius 3 is 2.63 bits per heavy atom. The zero-order valence-corrected chi connectivity index (χ0v) is 16.0. The number of nitrogens with one attached hydrogen (secondary N) is 1. The van der Waals surface area contributed by atoms with Crippen LogP contribution < -0.4 is 5.32 Å². The van der Waals surface area contributed by atoms with Crippen molar-refractivity contribution >= 4 is 17.5 Å². The second kappa shape index (κ2) is 7.33. The number of nitrogens with zero attached hydrogens (tertiary/aromatic N) is 5. The Bertz CT molecular complexity index is 1120. The maximum Gasteiger partial charge on any atom is 0.293 e. The van der Waals surface area contributed by atoms with Gasteiger partial charge in [0.1, 0.15) is 11.6 Å². The molecule has 8 nitrogen and oxygen atoms in total. The van der Waals surface area contributed by atoms with Gasteiger partial charge in [0.05, 0.1) is 0 Å². The predicted octanol–water partition coefficient (Wildman–Crippen LogP) is 2.01. The van der Waals surface area contributed by atoms with E-state index < -0.39 is 11.7 Å². The monoisotopic (exact) mass is 406 g/mol. The summed E-state index contributed by atoms with van der Waals surface area (Å²) in [5.41, 5.74) is 0.985. The van der Waals surface area contributed by atoms with Gasteiger partial charge in [0, 0.05) is 49.7 Å². The molecule has 2 aromatic heterocycles. The van der Waals surface area contributed by atoms with Crippen LogP contribution in [0.1, 0.15) is 26.8 Å². The zero-order valence-electron chi connectivity index (χ0n) is 16.0. The van der Waals surface area contributed by atoms with Crippen LogP contribution in [0.5, 0.6) is 0 Å². The van der Waals surface area contributed by atoms with E-state index in [-0.39, 0.29) is 23.6 Å². The first-order valence-corrected chi connectivity index (χ1v) is 9.77. The van der Waals surface area contributed by atoms with E-state index in [9.17, 15) is 14.0 Å². The van der Waals surface area contributed by atoms with Crippen LogP contribution in [0.15, 0.2) is 48.8 Å². The third kappa shape index (κ3) is 3.32. The predicted molar refractivity (Wildman–Crippen MR) is 105 cm³/mol. The number of rotatable bonds is 3. The van der Waals surface area contributed by atoms with Crippen molar-refractivity contribution in [2.45, 2.75) is 13.0 Å². The molecule has 0 saturated carbocycles. The van der Waals surface area contributed by atoms with Crippen molar-refractivity contribution in [1.82, 2.24) is 24.6 Å². The average molecular weight is 406 g/mol. The maximum absolute atomic E-state index is 13.4. The molecule has 0 spiro atoms. The Morgan fingerprint density at radius 2 is 1.83 bits per heavy atom. The van der Waals surface area contributed by atoms with Crippen LogP contribution in [-0.2, 0) is 13.0 Å². The molecule has 1 aromatic carbocycles. The van der Waals surface area contributed by atoms with Gasteiger partial charge in [-0.3, -0.25) is 14.6 Å². The summed E-state index contributed by atoms with van der Waals surface area (Å²) in [5.74, 6) is 0.577. The van der Waals surface area contributed by atoms with Crippen molar-refractivity contribution in [3.05, 3.63) is 71.8 Å². The number of carbonyl (C=O) groups is 2. The number of fused-ring (bicyclic) bond motifs is 2. The Morgan fingerprint density at radius 1 is 1.03 bits per heavy atom. The fraction of sp³-hybridized carbons (Fsp3) is 0.286. The smallest absolute Gasteiger partial charge is 0.293 e. The minimum absolute atomic E-state index is 0.00774. The van der Waals surface area contributed by atoms with Gasteiger partial charge in [0.25, 0.3) is 11.8 Å². The van der Waals surface area contributed by atoms with E-state index in [0.29, 0.717) is 37.3 Å². The van der Waals surface area contributed by atoms with Gasteiger partial charge in [-0.25, -0.2) is 4.39 Å². The number of anilines is 1. The molecule has 1 fully saturated rings. The minimum Gasteiger partial charge on any atom is -0.338 e. The van der Waals surface area contributed by atoms with Gasteiger partial charge in [-0.05, 0) is 42.2 Å². The molecule has 2 atom stereocenters. The first kappa shape index (κ1) is 18.4. The van der Waals surface area contributed by atoms with E-state index in [1.165, 1.54) is 18.2 Å². The van der Waals surface area contributed by atoms with E-state index in [1.54, 1.807) is 30.6 Å². The molecule has 0 bridgehead atoms. The number of hydrogen-bond donors (Lipinski definition) is 1. The highest BCUT2D eigenvalue weighted by Gasteiger charge is 2.40. The lowest BCUT2D eigenvalue weighted by atomic mass is 9.89. The molecule has 5 rings (SSSR count). The van der Waals surface area contributed by atoms with Gasteiger partial charge >= 0.3 is 0 Å². The van der Waals surface area contributed by atoms with Gasteiger partial charge < -0.3 is 14.8 Å². The summed E-state index contributed by atoms with van der Waals surface area (Å²) < 4.78 is 15.2. The molecule has 4 heterocycles. The summed E-state index contributed by atoms with van der Waals surface area (Å²) >= 11 is 0. The van der Waals surface area contributed by atoms with E-state index in [2.05, 4.69) is 20.5 Å². The van der Waals surface area contributed by atoms with E-state index >= 15 is 0 Å². The summed E-state index contributed by atoms with van der Waals surface area (Å²) in [4.78, 5) is 31.3. The Labute approximate surface area is 171 Å². The van der Waals surface area contributed by atoms with Crippen LogP contribution in [0.2, 0.25) is 0 Å². The molecule has 0 aliphatic carbocycles. The lowest BCUT2D eigenvalue weighted by molar-refractivity contribution is 0.0783. The van der Waals surface area contributed by atoms with Crippen LogP contribution in [0.25, 0.3) is 0 Å². The van der Waals surface area contributed by atoms with Crippen molar-refractivity contribution in [3.8, 4) is 0 Å². The fourth-order valence-corrected chi connectivity index (χ4v) is 4.29. The molecule has 152 valence electrons. The molecule has 0 unspecified atom stereocenters. The molecule has 2 aliphatic rings. The van der Waals surface area contributed by atoms with Gasteiger partial charge in [0.15, 0.2) is 0 Å². The van der Waals surface area contributed by atoms with Crippen molar-refractivity contribution in [3.63, 3.8) is 0 Å². The topological polar surface area (TPSA) is 93.0 Å². The van der Waals surface area contributed by atoms with Crippen LogP contribution in [0, 0.1) is 17.7 Å². The lowest BCUT2D eigenvalue weighted by Crippen LogP contribution is -2.31. The van der Waals surface area contributed by atoms with Gasteiger partial charge in [0.2, 0.25) is 5.82 Å². The third-order valence-electron chi connectivity index (χ3n) is 5.77. The van der Waals surface area contributed by atoms with Crippen molar-refractivity contribution < 1.29 is 14.0 Å². The van der Waals surface area contributed by atoms with Crippen molar-refractivity contribution in [2.75, 3.05) is 18.4 Å². The van der Waals surface area contributed by atoms with Gasteiger partial charge in [-0.2, -0.15) is 0 Å². The number of hydrogen-bond acceptors (Lipinski definition) is 5. The highest BCUT2D eigenvalue weighted by atomic mass is 19.1. The second-order valence-corrected chi connectivity index (χ2v) is 7.69. The van der Waals surface area contributed by atoms with Gasteiger partial charge in [-0.15, -0.1) is 10.2 Å². The number of amides is 2.